The predicted molar refractivity (Wildman–Crippen MR) is 65.1 cm³/mol. The molecule has 2 rings (SSSR count). The van der Waals surface area contributed by atoms with Gasteiger partial charge in [-0.05, 0) is 54.7 Å². The lowest BCUT2D eigenvalue weighted by atomic mass is 9.92. The van der Waals surface area contributed by atoms with Gasteiger partial charge < -0.3 is 10.2 Å². The van der Waals surface area contributed by atoms with Gasteiger partial charge in [0.15, 0.2) is 0 Å². The summed E-state index contributed by atoms with van der Waals surface area (Å²) in [6.07, 6.45) is 8.36. The van der Waals surface area contributed by atoms with Crippen LogP contribution >= 0.6 is 11.8 Å². The zero-order valence-electron chi connectivity index (χ0n) is 9.02. The second-order valence-electron chi connectivity index (χ2n) is 4.39. The normalized spacial score (nSPS) is 20.3. The molecule has 0 aromatic carbocycles. The van der Waals surface area contributed by atoms with E-state index in [-0.39, 0.29) is 0 Å². The SMILES string of the molecule is NC(Cc1ccoc1)CC1CCSCC1. The van der Waals surface area contributed by atoms with Crippen molar-refractivity contribution in [3.63, 3.8) is 0 Å². The Balaban J connectivity index is 1.74. The van der Waals surface area contributed by atoms with Crippen LogP contribution in [0.15, 0.2) is 23.0 Å². The highest BCUT2D eigenvalue weighted by Crippen LogP contribution is 2.26. The molecular weight excluding hydrogens is 206 g/mol. The molecule has 1 aliphatic rings. The highest BCUT2D eigenvalue weighted by atomic mass is 32.2. The summed E-state index contributed by atoms with van der Waals surface area (Å²) in [7, 11) is 0. The first-order valence-electron chi connectivity index (χ1n) is 5.69. The molecule has 1 aromatic rings. The molecule has 1 saturated heterocycles. The second-order valence-corrected chi connectivity index (χ2v) is 5.61. The molecule has 0 radical (unpaired) electrons. The summed E-state index contributed by atoms with van der Waals surface area (Å²) in [4.78, 5) is 0. The molecule has 15 heavy (non-hydrogen) atoms. The third kappa shape index (κ3) is 3.58. The van der Waals surface area contributed by atoms with Gasteiger partial charge in [0.1, 0.15) is 0 Å². The maximum atomic E-state index is 6.15. The van der Waals surface area contributed by atoms with E-state index in [2.05, 4.69) is 11.8 Å². The third-order valence-electron chi connectivity index (χ3n) is 3.05. The summed E-state index contributed by atoms with van der Waals surface area (Å²) in [5.41, 5.74) is 7.38. The maximum Gasteiger partial charge on any atom is 0.0935 e. The molecule has 1 aromatic heterocycles. The van der Waals surface area contributed by atoms with Crippen molar-refractivity contribution >= 4 is 11.8 Å². The Labute approximate surface area is 95.6 Å². The van der Waals surface area contributed by atoms with E-state index in [1.54, 1.807) is 12.5 Å². The van der Waals surface area contributed by atoms with E-state index < -0.39 is 0 Å². The van der Waals surface area contributed by atoms with E-state index in [1.807, 2.05) is 6.07 Å². The molecule has 2 N–H and O–H groups in total. The molecule has 0 bridgehead atoms. The highest BCUT2D eigenvalue weighted by Gasteiger charge is 2.17. The lowest BCUT2D eigenvalue weighted by molar-refractivity contribution is 0.405. The van der Waals surface area contributed by atoms with Gasteiger partial charge in [0.05, 0.1) is 12.5 Å². The lowest BCUT2D eigenvalue weighted by Gasteiger charge is -2.24. The molecule has 0 saturated carbocycles. The summed E-state index contributed by atoms with van der Waals surface area (Å²) >= 11 is 2.08. The Morgan fingerprint density at radius 3 is 2.93 bits per heavy atom. The molecule has 1 fully saturated rings. The van der Waals surface area contributed by atoms with Crippen LogP contribution in [0.1, 0.15) is 24.8 Å². The number of nitrogens with two attached hydrogens (primary N) is 1. The Morgan fingerprint density at radius 1 is 1.47 bits per heavy atom. The van der Waals surface area contributed by atoms with Crippen LogP contribution in [0.3, 0.4) is 0 Å². The van der Waals surface area contributed by atoms with Gasteiger partial charge in [0, 0.05) is 6.04 Å². The summed E-state index contributed by atoms with van der Waals surface area (Å²) < 4.78 is 5.05. The van der Waals surface area contributed by atoms with Gasteiger partial charge in [-0.2, -0.15) is 11.8 Å². The van der Waals surface area contributed by atoms with Gasteiger partial charge in [0.25, 0.3) is 0 Å². The summed E-state index contributed by atoms with van der Waals surface area (Å²) in [5.74, 6) is 3.50. The van der Waals surface area contributed by atoms with Crippen LogP contribution in [-0.4, -0.2) is 17.5 Å². The predicted octanol–water partition coefficient (Wildman–Crippen LogP) is 2.68. The zero-order valence-corrected chi connectivity index (χ0v) is 9.84. The smallest absolute Gasteiger partial charge is 0.0935 e. The largest absolute Gasteiger partial charge is 0.472 e. The Morgan fingerprint density at radius 2 is 2.27 bits per heavy atom. The van der Waals surface area contributed by atoms with E-state index in [9.17, 15) is 0 Å². The van der Waals surface area contributed by atoms with Gasteiger partial charge in [-0.25, -0.2) is 0 Å². The van der Waals surface area contributed by atoms with Crippen molar-refractivity contribution in [2.24, 2.45) is 11.7 Å². The average molecular weight is 225 g/mol. The maximum absolute atomic E-state index is 6.15. The molecule has 0 spiro atoms. The van der Waals surface area contributed by atoms with Crippen LogP contribution in [0.25, 0.3) is 0 Å². The number of thioether (sulfide) groups is 1. The van der Waals surface area contributed by atoms with Crippen molar-refractivity contribution in [1.29, 1.82) is 0 Å². The summed E-state index contributed by atoms with van der Waals surface area (Å²) in [6, 6.07) is 2.31. The van der Waals surface area contributed by atoms with Gasteiger partial charge in [-0.3, -0.25) is 0 Å². The fourth-order valence-electron chi connectivity index (χ4n) is 2.21. The standard InChI is InChI=1S/C12H19NOS/c13-12(8-11-1-4-14-9-11)7-10-2-5-15-6-3-10/h1,4,9-10,12H,2-3,5-8,13H2. The quantitative estimate of drug-likeness (QED) is 0.856. The molecule has 84 valence electrons. The van der Waals surface area contributed by atoms with Crippen LogP contribution in [0, 0.1) is 5.92 Å². The average Bonchev–Trinajstić information content (AvgIpc) is 2.71. The van der Waals surface area contributed by atoms with E-state index in [0.29, 0.717) is 6.04 Å². The van der Waals surface area contributed by atoms with E-state index in [0.717, 1.165) is 12.3 Å². The van der Waals surface area contributed by atoms with Crippen molar-refractivity contribution < 1.29 is 4.42 Å². The Hall–Kier alpha value is -0.410. The minimum atomic E-state index is 0.302. The Bertz CT molecular complexity index is 267. The zero-order chi connectivity index (χ0) is 10.5. The second kappa shape index (κ2) is 5.61. The summed E-state index contributed by atoms with van der Waals surface area (Å²) in [6.45, 7) is 0. The highest BCUT2D eigenvalue weighted by molar-refractivity contribution is 7.99. The molecule has 1 unspecified atom stereocenters. The molecule has 1 aliphatic heterocycles. The van der Waals surface area contributed by atoms with Gasteiger partial charge in [-0.1, -0.05) is 0 Å². The van der Waals surface area contributed by atoms with Crippen LogP contribution in [0.2, 0.25) is 0 Å². The third-order valence-corrected chi connectivity index (χ3v) is 4.10. The fourth-order valence-corrected chi connectivity index (χ4v) is 3.41. The van der Waals surface area contributed by atoms with Crippen LogP contribution in [0.5, 0.6) is 0 Å². The molecule has 1 atom stereocenters. The van der Waals surface area contributed by atoms with Crippen LogP contribution in [0.4, 0.5) is 0 Å². The first kappa shape index (κ1) is 11.1. The number of hydrogen-bond acceptors (Lipinski definition) is 3. The molecular formula is C12H19NOS. The first-order chi connectivity index (χ1) is 7.34. The van der Waals surface area contributed by atoms with Gasteiger partial charge in [-0.15, -0.1) is 0 Å². The van der Waals surface area contributed by atoms with Gasteiger partial charge in [0.2, 0.25) is 0 Å². The topological polar surface area (TPSA) is 39.2 Å². The van der Waals surface area contributed by atoms with Crippen molar-refractivity contribution in [3.8, 4) is 0 Å². The molecule has 0 amide bonds. The van der Waals surface area contributed by atoms with E-state index in [1.165, 1.54) is 36.3 Å². The Kier molecular flexibility index (Phi) is 4.15. The van der Waals surface area contributed by atoms with Crippen molar-refractivity contribution in [2.45, 2.75) is 31.7 Å². The number of furan rings is 1. The van der Waals surface area contributed by atoms with Crippen molar-refractivity contribution in [2.75, 3.05) is 11.5 Å². The molecule has 0 aliphatic carbocycles. The minimum Gasteiger partial charge on any atom is -0.472 e. The number of hydrogen-bond donors (Lipinski definition) is 1. The monoisotopic (exact) mass is 225 g/mol. The van der Waals surface area contributed by atoms with Crippen molar-refractivity contribution in [3.05, 3.63) is 24.2 Å². The lowest BCUT2D eigenvalue weighted by Crippen LogP contribution is -2.27. The summed E-state index contributed by atoms with van der Waals surface area (Å²) in [5, 5.41) is 0. The number of rotatable bonds is 4. The molecule has 3 heteroatoms. The molecule has 2 nitrogen and oxygen atoms in total. The minimum absolute atomic E-state index is 0.302. The fraction of sp³-hybridized carbons (Fsp3) is 0.667. The van der Waals surface area contributed by atoms with Crippen LogP contribution in [-0.2, 0) is 6.42 Å². The van der Waals surface area contributed by atoms with Gasteiger partial charge >= 0.3 is 0 Å². The van der Waals surface area contributed by atoms with Crippen molar-refractivity contribution in [1.82, 2.24) is 0 Å². The van der Waals surface area contributed by atoms with E-state index in [4.69, 9.17) is 10.2 Å². The first-order valence-corrected chi connectivity index (χ1v) is 6.84. The van der Waals surface area contributed by atoms with Crippen LogP contribution < -0.4 is 5.73 Å². The van der Waals surface area contributed by atoms with E-state index >= 15 is 0 Å². The molecule has 2 heterocycles.